The number of carbonyl (C=O) groups is 2. The molecule has 0 radical (unpaired) electrons. The van der Waals surface area contributed by atoms with Gasteiger partial charge in [0.05, 0.1) is 30.2 Å². The zero-order valence-corrected chi connectivity index (χ0v) is 17.9. The van der Waals surface area contributed by atoms with E-state index in [0.29, 0.717) is 23.9 Å². The molecule has 2 amide bonds. The molecule has 2 aromatic rings. The van der Waals surface area contributed by atoms with Crippen LogP contribution in [0.1, 0.15) is 11.1 Å². The number of hydrogen-bond acceptors (Lipinski definition) is 4. The smallest absolute Gasteiger partial charge is 0.241 e. The fourth-order valence-corrected chi connectivity index (χ4v) is 4.86. The van der Waals surface area contributed by atoms with Crippen molar-refractivity contribution in [2.45, 2.75) is 25.2 Å². The van der Waals surface area contributed by atoms with Crippen molar-refractivity contribution in [1.29, 1.82) is 0 Å². The Kier molecular flexibility index (Phi) is 4.87. The van der Waals surface area contributed by atoms with E-state index in [4.69, 9.17) is 17.0 Å². The third kappa shape index (κ3) is 3.34. The second-order valence-corrected chi connectivity index (χ2v) is 8.68. The van der Waals surface area contributed by atoms with Crippen molar-refractivity contribution < 1.29 is 14.3 Å². The molecule has 158 valence electrons. The molecule has 3 aliphatic heterocycles. The number of carbonyl (C=O) groups excluding carboxylic acids is 2. The summed E-state index contributed by atoms with van der Waals surface area (Å²) in [5, 5.41) is 6.84. The zero-order valence-electron chi connectivity index (χ0n) is 17.1. The number of thiocarbonyl (C=S) groups is 1. The Morgan fingerprint density at radius 3 is 2.55 bits per heavy atom. The van der Waals surface area contributed by atoms with Gasteiger partial charge in [-0.15, -0.1) is 0 Å². The lowest BCUT2D eigenvalue weighted by Crippen LogP contribution is -2.50. The van der Waals surface area contributed by atoms with Crippen molar-refractivity contribution in [2.75, 3.05) is 11.4 Å². The van der Waals surface area contributed by atoms with E-state index in [2.05, 4.69) is 10.6 Å². The third-order valence-electron chi connectivity index (χ3n) is 6.27. The minimum Gasteiger partial charge on any atom is -0.360 e. The van der Waals surface area contributed by atoms with Crippen molar-refractivity contribution in [3.05, 3.63) is 77.9 Å². The van der Waals surface area contributed by atoms with Gasteiger partial charge in [0.2, 0.25) is 11.8 Å². The maximum absolute atomic E-state index is 13.3. The van der Waals surface area contributed by atoms with Crippen molar-refractivity contribution in [3.63, 3.8) is 0 Å². The molecule has 5 rings (SSSR count). The predicted octanol–water partition coefficient (Wildman–Crippen LogP) is 2.47. The van der Waals surface area contributed by atoms with Crippen LogP contribution in [0.3, 0.4) is 0 Å². The largest absolute Gasteiger partial charge is 0.360 e. The lowest BCUT2D eigenvalue weighted by atomic mass is 9.77. The Hall–Kier alpha value is -3.03. The lowest BCUT2D eigenvalue weighted by Gasteiger charge is -2.29. The number of hydrogen-bond donors (Lipinski definition) is 2. The molecule has 6 nitrogen and oxygen atoms in total. The average Bonchev–Trinajstić information content (AvgIpc) is 3.43. The number of nitrogens with one attached hydrogen (secondary N) is 2. The second-order valence-electron chi connectivity index (χ2n) is 8.27. The van der Waals surface area contributed by atoms with E-state index in [1.165, 1.54) is 4.90 Å². The minimum atomic E-state index is -0.875. The van der Waals surface area contributed by atoms with Crippen LogP contribution in [0.4, 0.5) is 5.69 Å². The summed E-state index contributed by atoms with van der Waals surface area (Å²) in [6, 6.07) is 17.4. The van der Waals surface area contributed by atoms with Crippen molar-refractivity contribution in [2.24, 2.45) is 11.8 Å². The van der Waals surface area contributed by atoms with Crippen LogP contribution in [0.5, 0.6) is 0 Å². The molecule has 2 saturated heterocycles. The molecule has 0 aliphatic carbocycles. The van der Waals surface area contributed by atoms with Crippen molar-refractivity contribution >= 4 is 34.8 Å². The van der Waals surface area contributed by atoms with Gasteiger partial charge in [0, 0.05) is 6.54 Å². The number of imide groups is 1. The molecule has 4 atom stereocenters. The molecule has 3 heterocycles. The molecular weight excluding hydrogens is 410 g/mol. The average molecular weight is 434 g/mol. The molecule has 0 spiro atoms. The van der Waals surface area contributed by atoms with Gasteiger partial charge in [-0.1, -0.05) is 60.2 Å². The number of benzene rings is 2. The number of anilines is 1. The molecule has 2 aromatic carbocycles. The first-order valence-corrected chi connectivity index (χ1v) is 10.8. The first-order chi connectivity index (χ1) is 15.0. The molecule has 2 fully saturated rings. The quantitative estimate of drug-likeness (QED) is 0.429. The van der Waals surface area contributed by atoms with Gasteiger partial charge < -0.3 is 15.4 Å². The summed E-state index contributed by atoms with van der Waals surface area (Å²) in [5.74, 6) is -1.46. The molecule has 4 unspecified atom stereocenters. The summed E-state index contributed by atoms with van der Waals surface area (Å²) in [7, 11) is 0. The van der Waals surface area contributed by atoms with Gasteiger partial charge in [-0.25, -0.2) is 4.90 Å². The van der Waals surface area contributed by atoms with Crippen LogP contribution in [0.2, 0.25) is 0 Å². The molecule has 0 saturated carbocycles. The Labute approximate surface area is 186 Å². The van der Waals surface area contributed by atoms with E-state index in [-0.39, 0.29) is 17.9 Å². The highest BCUT2D eigenvalue weighted by Gasteiger charge is 2.67. The molecule has 31 heavy (non-hydrogen) atoms. The van der Waals surface area contributed by atoms with E-state index in [1.54, 1.807) is 0 Å². The summed E-state index contributed by atoms with van der Waals surface area (Å²) in [6.45, 7) is 2.89. The van der Waals surface area contributed by atoms with Gasteiger partial charge in [-0.2, -0.15) is 0 Å². The van der Waals surface area contributed by atoms with E-state index < -0.39 is 17.4 Å². The van der Waals surface area contributed by atoms with Gasteiger partial charge in [0.15, 0.2) is 5.11 Å². The Morgan fingerprint density at radius 2 is 1.81 bits per heavy atom. The summed E-state index contributed by atoms with van der Waals surface area (Å²) in [5.41, 5.74) is 1.93. The Bertz CT molecular complexity index is 1070. The summed E-state index contributed by atoms with van der Waals surface area (Å²) in [4.78, 5) is 27.8. The number of nitrogens with zero attached hydrogens (tertiary/aromatic N) is 1. The summed E-state index contributed by atoms with van der Waals surface area (Å²) >= 11 is 5.42. The monoisotopic (exact) mass is 433 g/mol. The summed E-state index contributed by atoms with van der Waals surface area (Å²) < 4.78 is 6.15. The highest BCUT2D eigenvalue weighted by molar-refractivity contribution is 7.80. The van der Waals surface area contributed by atoms with Gasteiger partial charge in [0.1, 0.15) is 5.60 Å². The first-order valence-electron chi connectivity index (χ1n) is 10.4. The summed E-state index contributed by atoms with van der Waals surface area (Å²) in [6.07, 6.45) is 3.42. The van der Waals surface area contributed by atoms with Crippen LogP contribution >= 0.6 is 12.2 Å². The molecule has 3 aliphatic rings. The minimum absolute atomic E-state index is 0.195. The highest BCUT2D eigenvalue weighted by Crippen LogP contribution is 2.52. The van der Waals surface area contributed by atoms with Gasteiger partial charge in [-0.05, 0) is 36.8 Å². The Balaban J connectivity index is 1.29. The molecular formula is C24H23N3O3S. The van der Waals surface area contributed by atoms with Gasteiger partial charge in [0.25, 0.3) is 0 Å². The lowest BCUT2D eigenvalue weighted by molar-refractivity contribution is -0.126. The highest BCUT2D eigenvalue weighted by atomic mass is 32.1. The first kappa shape index (κ1) is 19.9. The number of rotatable bonds is 5. The Morgan fingerprint density at radius 1 is 1.06 bits per heavy atom. The molecule has 0 aromatic heterocycles. The van der Waals surface area contributed by atoms with Crippen LogP contribution < -0.4 is 15.5 Å². The maximum Gasteiger partial charge on any atom is 0.241 e. The fourth-order valence-electron chi connectivity index (χ4n) is 4.71. The standard InChI is InChI=1S/C24H23N3O3S/c1-15-7-9-17(10-8-15)27-21(28)19-18-11-12-24(30-18,20(19)22(27)29)14-26-23(31)25-13-16-5-3-2-4-6-16/h2-12,18-20H,13-14H2,1H3,(H2,25,26,31). The van der Waals surface area contributed by atoms with Crippen LogP contribution in [0.25, 0.3) is 0 Å². The maximum atomic E-state index is 13.3. The molecule has 2 bridgehead atoms. The zero-order chi connectivity index (χ0) is 21.6. The predicted molar refractivity (Wildman–Crippen MR) is 121 cm³/mol. The van der Waals surface area contributed by atoms with Gasteiger partial charge in [-0.3, -0.25) is 9.59 Å². The number of fused-ring (bicyclic) bond motifs is 5. The number of aryl methyl sites for hydroxylation is 1. The van der Waals surface area contributed by atoms with Crippen LogP contribution in [0, 0.1) is 18.8 Å². The third-order valence-corrected chi connectivity index (χ3v) is 6.56. The molecule has 7 heteroatoms. The van der Waals surface area contributed by atoms with E-state index >= 15 is 0 Å². The SMILES string of the molecule is Cc1ccc(N2C(=O)C3C4C=CC(CNC(=S)NCc5ccccc5)(O4)C3C2=O)cc1. The van der Waals surface area contributed by atoms with E-state index in [0.717, 1.165) is 11.1 Å². The normalized spacial score (nSPS) is 28.2. The van der Waals surface area contributed by atoms with Gasteiger partial charge >= 0.3 is 0 Å². The number of amides is 2. The topological polar surface area (TPSA) is 70.7 Å². The van der Waals surface area contributed by atoms with Crippen LogP contribution in [-0.4, -0.2) is 35.2 Å². The van der Waals surface area contributed by atoms with Crippen LogP contribution in [-0.2, 0) is 20.9 Å². The van der Waals surface area contributed by atoms with E-state index in [1.807, 2.05) is 73.7 Å². The fraction of sp³-hybridized carbons (Fsp3) is 0.292. The number of ether oxygens (including phenoxy) is 1. The van der Waals surface area contributed by atoms with Crippen molar-refractivity contribution in [1.82, 2.24) is 10.6 Å². The van der Waals surface area contributed by atoms with Crippen LogP contribution in [0.15, 0.2) is 66.7 Å². The van der Waals surface area contributed by atoms with E-state index in [9.17, 15) is 9.59 Å². The molecule has 2 N–H and O–H groups in total. The van der Waals surface area contributed by atoms with Crippen molar-refractivity contribution in [3.8, 4) is 0 Å². The second kappa shape index (κ2) is 7.59.